The summed E-state index contributed by atoms with van der Waals surface area (Å²) < 4.78 is 5.52. The first-order valence-electron chi connectivity index (χ1n) is 7.32. The van der Waals surface area contributed by atoms with Gasteiger partial charge in [0.15, 0.2) is 0 Å². The molecule has 2 rings (SSSR count). The summed E-state index contributed by atoms with van der Waals surface area (Å²) >= 11 is 0. The third kappa shape index (κ3) is 4.22. The quantitative estimate of drug-likeness (QED) is 0.798. The van der Waals surface area contributed by atoms with E-state index >= 15 is 0 Å². The number of rotatable bonds is 6. The number of nitrogens with zero attached hydrogens (tertiary/aromatic N) is 1. The van der Waals surface area contributed by atoms with Crippen molar-refractivity contribution in [2.75, 3.05) is 31.6 Å². The molecule has 0 aromatic heterocycles. The molecule has 19 heavy (non-hydrogen) atoms. The summed E-state index contributed by atoms with van der Waals surface area (Å²) in [6.45, 7) is 7.94. The van der Waals surface area contributed by atoms with E-state index in [9.17, 15) is 0 Å². The lowest BCUT2D eigenvalue weighted by Gasteiger charge is -2.27. The summed E-state index contributed by atoms with van der Waals surface area (Å²) in [5.74, 6) is 0. The first-order chi connectivity index (χ1) is 9.16. The van der Waals surface area contributed by atoms with Crippen molar-refractivity contribution in [2.45, 2.75) is 39.3 Å². The Morgan fingerprint density at radius 2 is 2.21 bits per heavy atom. The molecule has 0 atom stereocenters. The van der Waals surface area contributed by atoms with Crippen molar-refractivity contribution in [3.63, 3.8) is 0 Å². The lowest BCUT2D eigenvalue weighted by atomic mass is 9.99. The zero-order chi connectivity index (χ0) is 13.7. The first-order valence-corrected chi connectivity index (χ1v) is 7.32. The van der Waals surface area contributed by atoms with Crippen molar-refractivity contribution in [3.05, 3.63) is 29.3 Å². The molecule has 0 radical (unpaired) electrons. The van der Waals surface area contributed by atoms with Gasteiger partial charge in [-0.15, -0.1) is 0 Å². The third-order valence-corrected chi connectivity index (χ3v) is 3.55. The zero-order valence-corrected chi connectivity index (χ0v) is 12.4. The molecule has 0 fully saturated rings. The van der Waals surface area contributed by atoms with Gasteiger partial charge in [-0.25, -0.2) is 0 Å². The van der Waals surface area contributed by atoms with Gasteiger partial charge in [-0.1, -0.05) is 12.1 Å². The Bertz CT molecular complexity index is 404. The SMILES string of the molecule is CC(C)OCCNCc1ccc2c(c1)CCCN2C. The predicted molar refractivity (Wildman–Crippen MR) is 80.8 cm³/mol. The molecule has 0 saturated carbocycles. The molecule has 0 saturated heterocycles. The van der Waals surface area contributed by atoms with Gasteiger partial charge < -0.3 is 15.0 Å². The summed E-state index contributed by atoms with van der Waals surface area (Å²) in [6, 6.07) is 6.84. The van der Waals surface area contributed by atoms with Crippen LogP contribution >= 0.6 is 0 Å². The van der Waals surface area contributed by atoms with E-state index in [-0.39, 0.29) is 0 Å². The highest BCUT2D eigenvalue weighted by Gasteiger charge is 2.13. The highest BCUT2D eigenvalue weighted by atomic mass is 16.5. The van der Waals surface area contributed by atoms with Crippen LogP contribution < -0.4 is 10.2 Å². The molecule has 0 bridgehead atoms. The van der Waals surface area contributed by atoms with Crippen LogP contribution in [-0.4, -0.2) is 32.8 Å². The fourth-order valence-corrected chi connectivity index (χ4v) is 2.55. The van der Waals surface area contributed by atoms with Crippen molar-refractivity contribution in [1.82, 2.24) is 5.32 Å². The lowest BCUT2D eigenvalue weighted by Crippen LogP contribution is -2.25. The van der Waals surface area contributed by atoms with Gasteiger partial charge in [0.05, 0.1) is 12.7 Å². The van der Waals surface area contributed by atoms with Crippen molar-refractivity contribution >= 4 is 5.69 Å². The molecule has 106 valence electrons. The van der Waals surface area contributed by atoms with Gasteiger partial charge in [0.2, 0.25) is 0 Å². The Labute approximate surface area is 116 Å². The summed E-state index contributed by atoms with van der Waals surface area (Å²) in [4.78, 5) is 2.35. The van der Waals surface area contributed by atoms with Crippen LogP contribution in [0.3, 0.4) is 0 Å². The lowest BCUT2D eigenvalue weighted by molar-refractivity contribution is 0.0807. The molecular weight excluding hydrogens is 236 g/mol. The second-order valence-electron chi connectivity index (χ2n) is 5.58. The van der Waals surface area contributed by atoms with E-state index in [4.69, 9.17) is 4.74 Å². The predicted octanol–water partition coefficient (Wildman–Crippen LogP) is 2.58. The Kier molecular flexibility index (Phi) is 5.23. The molecule has 0 unspecified atom stereocenters. The van der Waals surface area contributed by atoms with Gasteiger partial charge >= 0.3 is 0 Å². The largest absolute Gasteiger partial charge is 0.377 e. The number of hydrogen-bond acceptors (Lipinski definition) is 3. The van der Waals surface area contributed by atoms with Gasteiger partial charge in [0.25, 0.3) is 0 Å². The Hall–Kier alpha value is -1.06. The number of aryl methyl sites for hydroxylation is 1. The first kappa shape index (κ1) is 14.4. The topological polar surface area (TPSA) is 24.5 Å². The maximum absolute atomic E-state index is 5.52. The van der Waals surface area contributed by atoms with Crippen LogP contribution in [0.15, 0.2) is 18.2 Å². The van der Waals surface area contributed by atoms with Gasteiger partial charge in [0.1, 0.15) is 0 Å². The van der Waals surface area contributed by atoms with Gasteiger partial charge in [-0.3, -0.25) is 0 Å². The van der Waals surface area contributed by atoms with Gasteiger partial charge in [-0.2, -0.15) is 0 Å². The number of hydrogen-bond donors (Lipinski definition) is 1. The van der Waals surface area contributed by atoms with Gasteiger partial charge in [0, 0.05) is 32.4 Å². The summed E-state index contributed by atoms with van der Waals surface area (Å²) in [5, 5.41) is 3.44. The smallest absolute Gasteiger partial charge is 0.0594 e. The van der Waals surface area contributed by atoms with Crippen LogP contribution in [0.1, 0.15) is 31.4 Å². The van der Waals surface area contributed by atoms with Gasteiger partial charge in [-0.05, 0) is 43.9 Å². The summed E-state index contributed by atoms with van der Waals surface area (Å²) in [6.07, 6.45) is 2.80. The van der Waals surface area contributed by atoms with Crippen LogP contribution in [0.25, 0.3) is 0 Å². The standard InChI is InChI=1S/C16H26N2O/c1-13(2)19-10-8-17-12-14-6-7-16-15(11-14)5-4-9-18(16)3/h6-7,11,13,17H,4-5,8-10,12H2,1-3H3. The average molecular weight is 262 g/mol. The molecule has 0 amide bonds. The van der Waals surface area contributed by atoms with E-state index in [0.717, 1.165) is 19.7 Å². The molecule has 1 aliphatic heterocycles. The van der Waals surface area contributed by atoms with Crippen molar-refractivity contribution < 1.29 is 4.74 Å². The molecule has 0 aliphatic carbocycles. The number of benzene rings is 1. The Morgan fingerprint density at radius 1 is 1.37 bits per heavy atom. The molecule has 0 spiro atoms. The van der Waals surface area contributed by atoms with Crippen molar-refractivity contribution in [1.29, 1.82) is 0 Å². The van der Waals surface area contributed by atoms with E-state index in [2.05, 4.69) is 49.3 Å². The Balaban J connectivity index is 1.81. The molecule has 1 aromatic carbocycles. The van der Waals surface area contributed by atoms with E-state index in [1.165, 1.54) is 36.2 Å². The molecule has 3 nitrogen and oxygen atoms in total. The third-order valence-electron chi connectivity index (χ3n) is 3.55. The number of fused-ring (bicyclic) bond motifs is 1. The molecule has 1 heterocycles. The maximum atomic E-state index is 5.52. The van der Waals surface area contributed by atoms with Crippen LogP contribution in [0.5, 0.6) is 0 Å². The van der Waals surface area contributed by atoms with Crippen molar-refractivity contribution in [2.24, 2.45) is 0 Å². The zero-order valence-electron chi connectivity index (χ0n) is 12.4. The maximum Gasteiger partial charge on any atom is 0.0594 e. The minimum Gasteiger partial charge on any atom is -0.377 e. The van der Waals surface area contributed by atoms with Crippen LogP contribution in [0.4, 0.5) is 5.69 Å². The van der Waals surface area contributed by atoms with Crippen molar-refractivity contribution in [3.8, 4) is 0 Å². The molecular formula is C16H26N2O. The average Bonchev–Trinajstić information content (AvgIpc) is 2.38. The van der Waals surface area contributed by atoms with Crippen LogP contribution in [0.2, 0.25) is 0 Å². The van der Waals surface area contributed by atoms with Crippen LogP contribution in [-0.2, 0) is 17.7 Å². The molecule has 3 heteroatoms. The fourth-order valence-electron chi connectivity index (χ4n) is 2.55. The van der Waals surface area contributed by atoms with E-state index < -0.39 is 0 Å². The Morgan fingerprint density at radius 3 is 3.00 bits per heavy atom. The molecule has 1 aromatic rings. The van der Waals surface area contributed by atoms with Crippen LogP contribution in [0, 0.1) is 0 Å². The fraction of sp³-hybridized carbons (Fsp3) is 0.625. The second kappa shape index (κ2) is 6.92. The minimum atomic E-state index is 0.320. The monoisotopic (exact) mass is 262 g/mol. The minimum absolute atomic E-state index is 0.320. The summed E-state index contributed by atoms with van der Waals surface area (Å²) in [5.41, 5.74) is 4.27. The summed E-state index contributed by atoms with van der Waals surface area (Å²) in [7, 11) is 2.18. The number of anilines is 1. The van der Waals surface area contributed by atoms with E-state index in [1.54, 1.807) is 0 Å². The molecule has 1 N–H and O–H groups in total. The molecule has 1 aliphatic rings. The normalized spacial score (nSPS) is 14.8. The number of nitrogens with one attached hydrogen (secondary N) is 1. The second-order valence-corrected chi connectivity index (χ2v) is 5.58. The highest BCUT2D eigenvalue weighted by Crippen LogP contribution is 2.26. The van der Waals surface area contributed by atoms with E-state index in [0.29, 0.717) is 6.10 Å². The van der Waals surface area contributed by atoms with E-state index in [1.807, 2.05) is 0 Å². The number of ether oxygens (including phenoxy) is 1. The highest BCUT2D eigenvalue weighted by molar-refractivity contribution is 5.56.